The molecule has 0 aromatic heterocycles. The Labute approximate surface area is 116 Å². The Hall–Kier alpha value is -0.460. The second-order valence-electron chi connectivity index (χ2n) is 3.41. The molecule has 0 saturated heterocycles. The fourth-order valence-electron chi connectivity index (χ4n) is 1.23. The summed E-state index contributed by atoms with van der Waals surface area (Å²) in [5.41, 5.74) is 0.285. The van der Waals surface area contributed by atoms with Crippen molar-refractivity contribution < 1.29 is 13.9 Å². The van der Waals surface area contributed by atoms with Crippen molar-refractivity contribution in [3.8, 4) is 0 Å². The van der Waals surface area contributed by atoms with Crippen LogP contribution in [0, 0.1) is 5.82 Å². The summed E-state index contributed by atoms with van der Waals surface area (Å²) in [6.07, 6.45) is 0. The third-order valence-corrected chi connectivity index (χ3v) is 3.50. The molecule has 1 atom stereocenters. The lowest BCUT2D eigenvalue weighted by molar-refractivity contribution is 0.0907. The maximum absolute atomic E-state index is 13.2. The van der Waals surface area contributed by atoms with E-state index in [2.05, 4.69) is 37.2 Å². The normalized spacial score (nSPS) is 12.2. The average Bonchev–Trinajstić information content (AvgIpc) is 2.31. The van der Waals surface area contributed by atoms with Crippen LogP contribution in [0.5, 0.6) is 0 Å². The molecular formula is C11H12Br2FNO2. The van der Waals surface area contributed by atoms with Gasteiger partial charge in [-0.15, -0.1) is 0 Å². The van der Waals surface area contributed by atoms with Crippen molar-refractivity contribution in [2.45, 2.75) is 6.04 Å². The number of nitrogens with one attached hydrogen (secondary N) is 1. The number of benzene rings is 1. The highest BCUT2D eigenvalue weighted by Gasteiger charge is 2.13. The fraction of sp³-hybridized carbons (Fsp3) is 0.364. The molecule has 6 heteroatoms. The number of halogens is 3. The van der Waals surface area contributed by atoms with E-state index in [4.69, 9.17) is 4.74 Å². The van der Waals surface area contributed by atoms with Crippen molar-refractivity contribution >= 4 is 37.8 Å². The Bertz CT molecular complexity index is 401. The maximum Gasteiger partial charge on any atom is 0.251 e. The molecule has 1 unspecified atom stereocenters. The molecule has 1 amide bonds. The predicted molar refractivity (Wildman–Crippen MR) is 71.0 cm³/mol. The van der Waals surface area contributed by atoms with Gasteiger partial charge in [-0.1, -0.05) is 15.9 Å². The SMILES string of the molecule is COCC(CBr)NC(=O)c1ccc(Br)c(F)c1. The van der Waals surface area contributed by atoms with Gasteiger partial charge in [-0.05, 0) is 34.1 Å². The van der Waals surface area contributed by atoms with Crippen LogP contribution in [0.2, 0.25) is 0 Å². The van der Waals surface area contributed by atoms with E-state index >= 15 is 0 Å². The third-order valence-electron chi connectivity index (χ3n) is 2.07. The number of ether oxygens (including phenoxy) is 1. The molecule has 0 aliphatic heterocycles. The molecule has 1 aromatic rings. The number of carbonyl (C=O) groups excluding carboxylic acids is 1. The highest BCUT2D eigenvalue weighted by molar-refractivity contribution is 9.10. The Morgan fingerprint density at radius 2 is 2.29 bits per heavy atom. The average molecular weight is 369 g/mol. The first-order valence-corrected chi connectivity index (χ1v) is 6.80. The first-order valence-electron chi connectivity index (χ1n) is 4.89. The second kappa shape index (κ2) is 7.08. The molecule has 0 radical (unpaired) electrons. The van der Waals surface area contributed by atoms with E-state index in [1.807, 2.05) is 0 Å². The van der Waals surface area contributed by atoms with Crippen LogP contribution in [-0.4, -0.2) is 31.0 Å². The molecule has 94 valence electrons. The number of methoxy groups -OCH3 is 1. The van der Waals surface area contributed by atoms with Crippen molar-refractivity contribution in [3.63, 3.8) is 0 Å². The van der Waals surface area contributed by atoms with E-state index in [0.717, 1.165) is 0 Å². The molecule has 17 heavy (non-hydrogen) atoms. The zero-order valence-electron chi connectivity index (χ0n) is 9.17. The summed E-state index contributed by atoms with van der Waals surface area (Å²) in [4.78, 5) is 11.8. The van der Waals surface area contributed by atoms with Crippen LogP contribution in [0.4, 0.5) is 4.39 Å². The monoisotopic (exact) mass is 367 g/mol. The second-order valence-corrected chi connectivity index (χ2v) is 4.91. The molecule has 1 aromatic carbocycles. The predicted octanol–water partition coefficient (Wildman–Crippen LogP) is 2.73. The summed E-state index contributed by atoms with van der Waals surface area (Å²) in [6.45, 7) is 0.399. The van der Waals surface area contributed by atoms with Gasteiger partial charge in [0, 0.05) is 18.0 Å². The molecular weight excluding hydrogens is 357 g/mol. The summed E-state index contributed by atoms with van der Waals surface area (Å²) < 4.78 is 18.5. The van der Waals surface area contributed by atoms with Crippen molar-refractivity contribution in [1.82, 2.24) is 5.32 Å². The molecule has 3 nitrogen and oxygen atoms in total. The number of alkyl halides is 1. The smallest absolute Gasteiger partial charge is 0.251 e. The minimum absolute atomic E-state index is 0.140. The van der Waals surface area contributed by atoms with Crippen LogP contribution in [-0.2, 0) is 4.74 Å². The van der Waals surface area contributed by atoms with E-state index in [0.29, 0.717) is 16.4 Å². The van der Waals surface area contributed by atoms with Crippen LogP contribution in [0.3, 0.4) is 0 Å². The topological polar surface area (TPSA) is 38.3 Å². The van der Waals surface area contributed by atoms with Gasteiger partial charge >= 0.3 is 0 Å². The van der Waals surface area contributed by atoms with Gasteiger partial charge in [0.25, 0.3) is 5.91 Å². The Balaban J connectivity index is 2.72. The van der Waals surface area contributed by atoms with Crippen LogP contribution in [0.25, 0.3) is 0 Å². The molecule has 0 aliphatic carbocycles. The number of rotatable bonds is 5. The standard InChI is InChI=1S/C11H12Br2FNO2/c1-17-6-8(5-12)15-11(16)7-2-3-9(13)10(14)4-7/h2-4,8H,5-6H2,1H3,(H,15,16). The summed E-state index contributed by atoms with van der Waals surface area (Å²) in [7, 11) is 1.56. The Kier molecular flexibility index (Phi) is 6.08. The maximum atomic E-state index is 13.2. The lowest BCUT2D eigenvalue weighted by atomic mass is 10.2. The summed E-state index contributed by atoms with van der Waals surface area (Å²) in [5.74, 6) is -0.780. The highest BCUT2D eigenvalue weighted by Crippen LogP contribution is 2.16. The summed E-state index contributed by atoms with van der Waals surface area (Å²) in [6, 6.07) is 4.11. The van der Waals surface area contributed by atoms with Crippen LogP contribution < -0.4 is 5.32 Å². The third kappa shape index (κ3) is 4.37. The molecule has 1 N–H and O–H groups in total. The fourth-order valence-corrected chi connectivity index (χ4v) is 1.83. The lowest BCUT2D eigenvalue weighted by Gasteiger charge is -2.15. The number of hydrogen-bond donors (Lipinski definition) is 1. The first kappa shape index (κ1) is 14.6. The minimum atomic E-state index is -0.459. The van der Waals surface area contributed by atoms with Gasteiger partial charge in [-0.3, -0.25) is 4.79 Å². The van der Waals surface area contributed by atoms with Gasteiger partial charge in [0.2, 0.25) is 0 Å². The molecule has 0 spiro atoms. The number of hydrogen-bond acceptors (Lipinski definition) is 2. The van der Waals surface area contributed by atoms with Crippen molar-refractivity contribution in [2.75, 3.05) is 19.0 Å². The van der Waals surface area contributed by atoms with Crippen LogP contribution >= 0.6 is 31.9 Å². The van der Waals surface area contributed by atoms with Crippen molar-refractivity contribution in [1.29, 1.82) is 0 Å². The largest absolute Gasteiger partial charge is 0.383 e. The molecule has 0 fully saturated rings. The summed E-state index contributed by atoms with van der Waals surface area (Å²) >= 11 is 6.30. The van der Waals surface area contributed by atoms with E-state index in [1.165, 1.54) is 12.1 Å². The zero-order chi connectivity index (χ0) is 12.8. The minimum Gasteiger partial charge on any atom is -0.383 e. The van der Waals surface area contributed by atoms with Gasteiger partial charge in [0.05, 0.1) is 17.1 Å². The number of carbonyl (C=O) groups is 1. The molecule has 0 aliphatic rings. The first-order chi connectivity index (χ1) is 8.08. The molecule has 1 rings (SSSR count). The van der Waals surface area contributed by atoms with E-state index in [1.54, 1.807) is 13.2 Å². The van der Waals surface area contributed by atoms with Gasteiger partial charge in [0.15, 0.2) is 0 Å². The Morgan fingerprint density at radius 1 is 1.59 bits per heavy atom. The van der Waals surface area contributed by atoms with Gasteiger partial charge in [0.1, 0.15) is 5.82 Å². The van der Waals surface area contributed by atoms with Crippen molar-refractivity contribution in [3.05, 3.63) is 34.1 Å². The molecule has 0 saturated carbocycles. The summed E-state index contributed by atoms with van der Waals surface area (Å²) in [5, 5.41) is 3.31. The molecule has 0 heterocycles. The quantitative estimate of drug-likeness (QED) is 0.811. The van der Waals surface area contributed by atoms with Gasteiger partial charge in [-0.25, -0.2) is 4.39 Å². The van der Waals surface area contributed by atoms with Crippen LogP contribution in [0.15, 0.2) is 22.7 Å². The van der Waals surface area contributed by atoms with E-state index in [9.17, 15) is 9.18 Å². The van der Waals surface area contributed by atoms with E-state index in [-0.39, 0.29) is 17.5 Å². The zero-order valence-corrected chi connectivity index (χ0v) is 12.3. The van der Waals surface area contributed by atoms with Gasteiger partial charge in [-0.2, -0.15) is 0 Å². The highest BCUT2D eigenvalue weighted by atomic mass is 79.9. The van der Waals surface area contributed by atoms with Crippen LogP contribution in [0.1, 0.15) is 10.4 Å². The Morgan fingerprint density at radius 3 is 2.82 bits per heavy atom. The number of amides is 1. The van der Waals surface area contributed by atoms with Gasteiger partial charge < -0.3 is 10.1 Å². The lowest BCUT2D eigenvalue weighted by Crippen LogP contribution is -2.39. The van der Waals surface area contributed by atoms with Crippen molar-refractivity contribution in [2.24, 2.45) is 0 Å². The van der Waals surface area contributed by atoms with E-state index < -0.39 is 5.82 Å². The molecule has 0 bridgehead atoms.